The van der Waals surface area contributed by atoms with E-state index in [1.807, 2.05) is 0 Å². The van der Waals surface area contributed by atoms with Crippen LogP contribution in [0.4, 0.5) is 0 Å². The van der Waals surface area contributed by atoms with E-state index in [1.165, 1.54) is 12.1 Å². The highest BCUT2D eigenvalue weighted by atomic mass is 79.9. The molecule has 1 atom stereocenters. The van der Waals surface area contributed by atoms with Crippen molar-refractivity contribution in [1.82, 2.24) is 0 Å². The van der Waals surface area contributed by atoms with Crippen molar-refractivity contribution in [2.75, 3.05) is 17.3 Å². The van der Waals surface area contributed by atoms with Gasteiger partial charge in [-0.2, -0.15) is 0 Å². The van der Waals surface area contributed by atoms with E-state index in [-0.39, 0.29) is 22.8 Å². The van der Waals surface area contributed by atoms with Crippen LogP contribution in [0.1, 0.15) is 23.7 Å². The van der Waals surface area contributed by atoms with Gasteiger partial charge in [0, 0.05) is 20.9 Å². The number of aromatic carboxylic acids is 1. The van der Waals surface area contributed by atoms with Crippen LogP contribution in [0.5, 0.6) is 0 Å². The van der Waals surface area contributed by atoms with E-state index < -0.39 is 26.6 Å². The normalized spacial score (nSPS) is 13.1. The van der Waals surface area contributed by atoms with E-state index in [0.717, 1.165) is 0 Å². The molecule has 0 aliphatic rings. The van der Waals surface area contributed by atoms with Gasteiger partial charge in [0.05, 0.1) is 22.1 Å². The molecule has 1 N–H and O–H groups in total. The third-order valence-corrected chi connectivity index (χ3v) is 6.58. The second-order valence-electron chi connectivity index (χ2n) is 4.09. The van der Waals surface area contributed by atoms with Gasteiger partial charge in [0.15, 0.2) is 0 Å². The number of benzene rings is 1. The van der Waals surface area contributed by atoms with Crippen LogP contribution in [0.3, 0.4) is 0 Å². The molecule has 0 aliphatic heterocycles. The van der Waals surface area contributed by atoms with Crippen molar-refractivity contribution < 1.29 is 22.5 Å². The van der Waals surface area contributed by atoms with Crippen molar-refractivity contribution >= 4 is 42.5 Å². The lowest BCUT2D eigenvalue weighted by Crippen LogP contribution is -2.12. The topological polar surface area (TPSA) is 88.5 Å². The molecule has 0 amide bonds. The fourth-order valence-corrected chi connectivity index (χ4v) is 4.07. The molecule has 1 rings (SSSR count). The lowest BCUT2D eigenvalue weighted by molar-refractivity contribution is 0.0695. The first-order valence-corrected chi connectivity index (χ1v) is 9.82. The summed E-state index contributed by atoms with van der Waals surface area (Å²) in [6.45, 7) is 1.57. The molecule has 1 aromatic carbocycles. The molecule has 0 heterocycles. The van der Waals surface area contributed by atoms with Crippen molar-refractivity contribution in [3.63, 3.8) is 0 Å². The zero-order valence-electron chi connectivity index (χ0n) is 10.8. The molecule has 5 nitrogen and oxygen atoms in total. The predicted octanol–water partition coefficient (Wildman–Crippen LogP) is 2.08. The number of sulfone groups is 1. The molecule has 1 unspecified atom stereocenters. The Labute approximate surface area is 128 Å². The van der Waals surface area contributed by atoms with Crippen LogP contribution in [0.15, 0.2) is 27.6 Å². The lowest BCUT2D eigenvalue weighted by Gasteiger charge is -2.05. The lowest BCUT2D eigenvalue weighted by atomic mass is 10.2. The number of carboxylic acid groups (broad SMARTS) is 1. The summed E-state index contributed by atoms with van der Waals surface area (Å²) in [6, 6.07) is 4.44. The minimum absolute atomic E-state index is 0.00242. The predicted molar refractivity (Wildman–Crippen MR) is 81.3 cm³/mol. The molecule has 0 fully saturated rings. The quantitative estimate of drug-likeness (QED) is 0.779. The zero-order chi connectivity index (χ0) is 15.3. The third kappa shape index (κ3) is 4.99. The van der Waals surface area contributed by atoms with Crippen LogP contribution in [-0.4, -0.2) is 41.0 Å². The van der Waals surface area contributed by atoms with Crippen molar-refractivity contribution in [2.24, 2.45) is 0 Å². The van der Waals surface area contributed by atoms with Crippen molar-refractivity contribution in [3.8, 4) is 0 Å². The standard InChI is InChI=1S/C12H15BrO5S2/c1-2-20(17,18)7-3-6-19(16)9-4-5-11(13)10(8-9)12(14)15/h4-5,8H,2-3,6-7H2,1H3,(H,14,15). The van der Waals surface area contributed by atoms with Crippen molar-refractivity contribution in [1.29, 1.82) is 0 Å². The first-order chi connectivity index (χ1) is 9.26. The van der Waals surface area contributed by atoms with Gasteiger partial charge in [0.1, 0.15) is 9.84 Å². The number of rotatable bonds is 7. The van der Waals surface area contributed by atoms with E-state index in [9.17, 15) is 17.4 Å². The van der Waals surface area contributed by atoms with E-state index >= 15 is 0 Å². The van der Waals surface area contributed by atoms with Crippen LogP contribution in [-0.2, 0) is 20.6 Å². The molecular formula is C12H15BrO5S2. The summed E-state index contributed by atoms with van der Waals surface area (Å²) < 4.78 is 35.1. The molecule has 0 spiro atoms. The Morgan fingerprint density at radius 2 is 2.05 bits per heavy atom. The van der Waals surface area contributed by atoms with Gasteiger partial charge >= 0.3 is 5.97 Å². The Kier molecular flexibility index (Phi) is 6.35. The summed E-state index contributed by atoms with van der Waals surface area (Å²) in [7, 11) is -4.47. The molecule has 0 aromatic heterocycles. The first kappa shape index (κ1) is 17.3. The summed E-state index contributed by atoms with van der Waals surface area (Å²) >= 11 is 3.11. The molecule has 0 radical (unpaired) electrons. The van der Waals surface area contributed by atoms with E-state index in [0.29, 0.717) is 15.8 Å². The van der Waals surface area contributed by atoms with Gasteiger partial charge in [-0.1, -0.05) is 6.92 Å². The number of hydrogen-bond acceptors (Lipinski definition) is 4. The second kappa shape index (κ2) is 7.33. The molecule has 0 saturated heterocycles. The largest absolute Gasteiger partial charge is 0.478 e. The summed E-state index contributed by atoms with van der Waals surface area (Å²) in [5.41, 5.74) is 0.0389. The smallest absolute Gasteiger partial charge is 0.336 e. The molecular weight excluding hydrogens is 368 g/mol. The molecule has 0 saturated carbocycles. The van der Waals surface area contributed by atoms with Gasteiger partial charge in [-0.25, -0.2) is 13.2 Å². The van der Waals surface area contributed by atoms with Crippen LogP contribution in [0, 0.1) is 0 Å². The van der Waals surface area contributed by atoms with Crippen LogP contribution in [0.25, 0.3) is 0 Å². The Balaban J connectivity index is 2.74. The fraction of sp³-hybridized carbons (Fsp3) is 0.417. The maximum Gasteiger partial charge on any atom is 0.336 e. The van der Waals surface area contributed by atoms with Gasteiger partial charge in [0.2, 0.25) is 0 Å². The Hall–Kier alpha value is -0.730. The maximum absolute atomic E-state index is 12.0. The van der Waals surface area contributed by atoms with Gasteiger partial charge in [-0.05, 0) is 40.5 Å². The fourth-order valence-electron chi connectivity index (χ4n) is 1.48. The van der Waals surface area contributed by atoms with Crippen LogP contribution < -0.4 is 0 Å². The minimum atomic E-state index is -3.06. The molecule has 20 heavy (non-hydrogen) atoms. The van der Waals surface area contributed by atoms with Crippen molar-refractivity contribution in [2.45, 2.75) is 18.2 Å². The minimum Gasteiger partial charge on any atom is -0.478 e. The maximum atomic E-state index is 12.0. The Bertz CT molecular complexity index is 625. The number of carbonyl (C=O) groups is 1. The first-order valence-electron chi connectivity index (χ1n) is 5.88. The molecule has 8 heteroatoms. The highest BCUT2D eigenvalue weighted by molar-refractivity contribution is 9.10. The zero-order valence-corrected chi connectivity index (χ0v) is 14.1. The third-order valence-electron chi connectivity index (χ3n) is 2.66. The van der Waals surface area contributed by atoms with E-state index in [2.05, 4.69) is 15.9 Å². The monoisotopic (exact) mass is 382 g/mol. The van der Waals surface area contributed by atoms with Gasteiger partial charge in [0.25, 0.3) is 0 Å². The van der Waals surface area contributed by atoms with Gasteiger partial charge in [-0.15, -0.1) is 0 Å². The highest BCUT2D eigenvalue weighted by Gasteiger charge is 2.13. The highest BCUT2D eigenvalue weighted by Crippen LogP contribution is 2.20. The van der Waals surface area contributed by atoms with Crippen LogP contribution >= 0.6 is 15.9 Å². The number of halogens is 1. The van der Waals surface area contributed by atoms with Gasteiger partial charge < -0.3 is 5.11 Å². The van der Waals surface area contributed by atoms with E-state index in [1.54, 1.807) is 13.0 Å². The molecule has 1 aromatic rings. The summed E-state index contributed by atoms with van der Waals surface area (Å²) in [6.07, 6.45) is 0.293. The Morgan fingerprint density at radius 3 is 2.60 bits per heavy atom. The average molecular weight is 383 g/mol. The van der Waals surface area contributed by atoms with E-state index in [4.69, 9.17) is 5.11 Å². The van der Waals surface area contributed by atoms with Gasteiger partial charge in [-0.3, -0.25) is 4.21 Å². The second-order valence-corrected chi connectivity index (χ2v) is 8.98. The number of hydrogen-bond donors (Lipinski definition) is 1. The summed E-state index contributed by atoms with van der Waals surface area (Å²) in [4.78, 5) is 11.4. The van der Waals surface area contributed by atoms with Crippen LogP contribution in [0.2, 0.25) is 0 Å². The Morgan fingerprint density at radius 1 is 1.40 bits per heavy atom. The molecule has 0 aliphatic carbocycles. The molecule has 112 valence electrons. The van der Waals surface area contributed by atoms with Crippen molar-refractivity contribution in [3.05, 3.63) is 28.2 Å². The average Bonchev–Trinajstić information content (AvgIpc) is 2.38. The SMILES string of the molecule is CCS(=O)(=O)CCCS(=O)c1ccc(Br)c(C(=O)O)c1. The summed E-state index contributed by atoms with van der Waals surface area (Å²) in [5.74, 6) is -0.845. The summed E-state index contributed by atoms with van der Waals surface area (Å²) in [5, 5.41) is 8.98. The molecule has 0 bridgehead atoms. The number of carboxylic acids is 1.